The maximum Gasteiger partial charge on any atom is 0.348 e. The van der Waals surface area contributed by atoms with Gasteiger partial charge in [0.15, 0.2) is 5.65 Å². The Morgan fingerprint density at radius 3 is 2.74 bits per heavy atom. The second-order valence-corrected chi connectivity index (χ2v) is 8.83. The SMILES string of the molecule is COC(=O)c1sc2ncn3nc(-c4ccn(Cn5nc(C)c(Br)c5C)n4)nc3c2c1C. The van der Waals surface area contributed by atoms with Crippen molar-refractivity contribution in [1.29, 1.82) is 0 Å². The molecular formula is C19H17BrN8O2S. The van der Waals surface area contributed by atoms with Crippen LogP contribution in [0.15, 0.2) is 23.1 Å². The van der Waals surface area contributed by atoms with Crippen LogP contribution in [0.25, 0.3) is 27.4 Å². The number of hydrogen-bond acceptors (Lipinski definition) is 8. The number of aromatic nitrogens is 8. The monoisotopic (exact) mass is 500 g/mol. The highest BCUT2D eigenvalue weighted by atomic mass is 79.9. The highest BCUT2D eigenvalue weighted by molar-refractivity contribution is 9.10. The maximum atomic E-state index is 12.1. The van der Waals surface area contributed by atoms with Gasteiger partial charge >= 0.3 is 5.97 Å². The molecule has 0 saturated heterocycles. The second kappa shape index (κ2) is 7.24. The average Bonchev–Trinajstić information content (AvgIpc) is 3.51. The third kappa shape index (κ3) is 3.13. The molecule has 0 atom stereocenters. The zero-order valence-electron chi connectivity index (χ0n) is 17.1. The number of hydrogen-bond donors (Lipinski definition) is 0. The lowest BCUT2D eigenvalue weighted by atomic mass is 10.2. The number of fused-ring (bicyclic) bond motifs is 3. The van der Waals surface area contributed by atoms with Crippen molar-refractivity contribution in [1.82, 2.24) is 39.1 Å². The van der Waals surface area contributed by atoms with Gasteiger partial charge in [-0.2, -0.15) is 10.2 Å². The standard InChI is InChI=1S/C19H17BrN8O2S/c1-9-13-17-22-16(25-27(17)7-21-18(13)31-15(9)19(29)30-4)12-5-6-26(24-12)8-28-11(3)14(20)10(2)23-28/h5-7H,8H2,1-4H3. The molecule has 0 aliphatic rings. The molecule has 0 unspecified atom stereocenters. The van der Waals surface area contributed by atoms with E-state index in [0.717, 1.165) is 26.8 Å². The van der Waals surface area contributed by atoms with Gasteiger partial charge in [-0.1, -0.05) is 0 Å². The molecule has 0 aromatic carbocycles. The van der Waals surface area contributed by atoms with Gasteiger partial charge in [0, 0.05) is 6.20 Å². The van der Waals surface area contributed by atoms with Crippen molar-refractivity contribution >= 4 is 49.1 Å². The van der Waals surface area contributed by atoms with E-state index < -0.39 is 0 Å². The lowest BCUT2D eigenvalue weighted by Crippen LogP contribution is -2.11. The number of rotatable bonds is 4. The fraction of sp³-hybridized carbons (Fsp3) is 0.263. The number of aryl methyl sites for hydroxylation is 2. The number of carbonyl (C=O) groups is 1. The molecule has 5 rings (SSSR count). The van der Waals surface area contributed by atoms with Crippen LogP contribution in [0.1, 0.15) is 26.6 Å². The Labute approximate surface area is 188 Å². The number of esters is 1. The lowest BCUT2D eigenvalue weighted by Gasteiger charge is -2.04. The van der Waals surface area contributed by atoms with Gasteiger partial charge in [0.25, 0.3) is 0 Å². The number of thiophene rings is 1. The first kappa shape index (κ1) is 19.8. The fourth-order valence-electron chi connectivity index (χ4n) is 3.44. The molecule has 10 nitrogen and oxygen atoms in total. The van der Waals surface area contributed by atoms with Gasteiger partial charge in [0.2, 0.25) is 5.82 Å². The zero-order chi connectivity index (χ0) is 21.9. The van der Waals surface area contributed by atoms with Crippen molar-refractivity contribution in [3.63, 3.8) is 0 Å². The van der Waals surface area contributed by atoms with Crippen LogP contribution in [0.2, 0.25) is 0 Å². The van der Waals surface area contributed by atoms with E-state index >= 15 is 0 Å². The molecule has 0 aliphatic carbocycles. The van der Waals surface area contributed by atoms with E-state index in [1.54, 1.807) is 15.5 Å². The first-order valence-corrected chi connectivity index (χ1v) is 10.9. The van der Waals surface area contributed by atoms with Crippen molar-refractivity contribution in [2.24, 2.45) is 0 Å². The molecule has 12 heteroatoms. The molecule has 0 spiro atoms. The van der Waals surface area contributed by atoms with Crippen LogP contribution in [0.3, 0.4) is 0 Å². The molecule has 158 valence electrons. The molecule has 0 fully saturated rings. The predicted octanol–water partition coefficient (Wildman–Crippen LogP) is 3.38. The van der Waals surface area contributed by atoms with Gasteiger partial charge in [-0.25, -0.2) is 24.0 Å². The predicted molar refractivity (Wildman–Crippen MR) is 118 cm³/mol. The van der Waals surface area contributed by atoms with Gasteiger partial charge in [-0.15, -0.1) is 16.4 Å². The van der Waals surface area contributed by atoms with Crippen molar-refractivity contribution in [3.8, 4) is 11.5 Å². The minimum absolute atomic E-state index is 0.382. The zero-order valence-corrected chi connectivity index (χ0v) is 19.5. The van der Waals surface area contributed by atoms with Crippen molar-refractivity contribution in [3.05, 3.63) is 44.9 Å². The molecule has 0 saturated carbocycles. The maximum absolute atomic E-state index is 12.1. The van der Waals surface area contributed by atoms with Gasteiger partial charge < -0.3 is 4.74 Å². The number of nitrogens with zero attached hydrogens (tertiary/aromatic N) is 8. The summed E-state index contributed by atoms with van der Waals surface area (Å²) < 4.78 is 11.1. The van der Waals surface area contributed by atoms with E-state index in [1.807, 2.05) is 37.7 Å². The van der Waals surface area contributed by atoms with E-state index in [0.29, 0.717) is 33.5 Å². The minimum atomic E-state index is -0.382. The summed E-state index contributed by atoms with van der Waals surface area (Å²) in [6, 6.07) is 1.86. The highest BCUT2D eigenvalue weighted by Gasteiger charge is 2.21. The number of methoxy groups -OCH3 is 1. The Bertz CT molecular complexity index is 1480. The molecule has 5 aromatic heterocycles. The Morgan fingerprint density at radius 1 is 1.23 bits per heavy atom. The summed E-state index contributed by atoms with van der Waals surface area (Å²) in [6.45, 7) is 6.30. The van der Waals surface area contributed by atoms with Crippen molar-refractivity contribution in [2.45, 2.75) is 27.4 Å². The van der Waals surface area contributed by atoms with Gasteiger partial charge in [-0.05, 0) is 48.3 Å². The molecule has 5 aromatic rings. The van der Waals surface area contributed by atoms with E-state index in [4.69, 9.17) is 4.74 Å². The van der Waals surface area contributed by atoms with Crippen molar-refractivity contribution in [2.75, 3.05) is 7.11 Å². The molecule has 0 radical (unpaired) electrons. The van der Waals surface area contributed by atoms with E-state index in [1.165, 1.54) is 18.4 Å². The van der Waals surface area contributed by atoms with Crippen LogP contribution >= 0.6 is 27.3 Å². The van der Waals surface area contributed by atoms with Crippen LogP contribution in [-0.4, -0.2) is 52.2 Å². The fourth-order valence-corrected chi connectivity index (χ4v) is 4.78. The summed E-state index contributed by atoms with van der Waals surface area (Å²) in [5, 5.41) is 14.4. The van der Waals surface area contributed by atoms with Crippen LogP contribution in [-0.2, 0) is 11.4 Å². The Hall–Kier alpha value is -3.12. The third-order valence-electron chi connectivity index (χ3n) is 5.08. The molecular weight excluding hydrogens is 484 g/mol. The normalized spacial score (nSPS) is 11.6. The smallest absolute Gasteiger partial charge is 0.348 e. The Kier molecular flexibility index (Phi) is 4.63. The average molecular weight is 501 g/mol. The number of ether oxygens (including phenoxy) is 1. The lowest BCUT2D eigenvalue weighted by molar-refractivity contribution is 0.0605. The number of halogens is 1. The van der Waals surface area contributed by atoms with Gasteiger partial charge in [-0.3, -0.25) is 4.68 Å². The largest absolute Gasteiger partial charge is 0.465 e. The Balaban J connectivity index is 1.54. The van der Waals surface area contributed by atoms with Crippen LogP contribution in [0.5, 0.6) is 0 Å². The highest BCUT2D eigenvalue weighted by Crippen LogP contribution is 2.32. The van der Waals surface area contributed by atoms with Crippen LogP contribution < -0.4 is 0 Å². The molecule has 0 bridgehead atoms. The summed E-state index contributed by atoms with van der Waals surface area (Å²) in [4.78, 5) is 22.4. The van der Waals surface area contributed by atoms with Gasteiger partial charge in [0.05, 0.1) is 28.4 Å². The summed E-state index contributed by atoms with van der Waals surface area (Å²) in [6.07, 6.45) is 3.46. The first-order valence-electron chi connectivity index (χ1n) is 9.33. The van der Waals surface area contributed by atoms with Crippen LogP contribution in [0.4, 0.5) is 0 Å². The molecule has 31 heavy (non-hydrogen) atoms. The summed E-state index contributed by atoms with van der Waals surface area (Å²) in [5.74, 6) is 0.0979. The Morgan fingerprint density at radius 2 is 2.03 bits per heavy atom. The first-order chi connectivity index (χ1) is 14.9. The van der Waals surface area contributed by atoms with Gasteiger partial charge in [0.1, 0.15) is 28.4 Å². The molecule has 0 amide bonds. The summed E-state index contributed by atoms with van der Waals surface area (Å²) in [7, 11) is 1.37. The van der Waals surface area contributed by atoms with E-state index in [-0.39, 0.29) is 5.97 Å². The number of carbonyl (C=O) groups excluding carboxylic acids is 1. The van der Waals surface area contributed by atoms with Crippen LogP contribution in [0, 0.1) is 20.8 Å². The van der Waals surface area contributed by atoms with E-state index in [9.17, 15) is 4.79 Å². The quantitative estimate of drug-likeness (QED) is 0.348. The molecule has 0 aliphatic heterocycles. The topological polar surface area (TPSA) is 105 Å². The summed E-state index contributed by atoms with van der Waals surface area (Å²) in [5.41, 5.74) is 4.01. The third-order valence-corrected chi connectivity index (χ3v) is 7.41. The molecule has 5 heterocycles. The second-order valence-electron chi connectivity index (χ2n) is 7.04. The van der Waals surface area contributed by atoms with Crippen molar-refractivity contribution < 1.29 is 9.53 Å². The minimum Gasteiger partial charge on any atom is -0.465 e. The summed E-state index contributed by atoms with van der Waals surface area (Å²) >= 11 is 4.83. The molecule has 0 N–H and O–H groups in total. The van der Waals surface area contributed by atoms with E-state index in [2.05, 4.69) is 41.2 Å².